The van der Waals surface area contributed by atoms with Crippen molar-refractivity contribution in [2.45, 2.75) is 11.8 Å². The summed E-state index contributed by atoms with van der Waals surface area (Å²) < 4.78 is 2.16. The van der Waals surface area contributed by atoms with Crippen molar-refractivity contribution < 1.29 is 0 Å². The molecule has 1 unspecified atom stereocenters. The molecule has 0 aromatic carbocycles. The largest absolute Gasteiger partial charge is 0.261 e. The van der Waals surface area contributed by atoms with Gasteiger partial charge in [-0.25, -0.2) is 0 Å². The van der Waals surface area contributed by atoms with Gasteiger partial charge in [0.2, 0.25) is 0 Å². The highest BCUT2D eigenvalue weighted by Gasteiger charge is 2.15. The van der Waals surface area contributed by atoms with Crippen LogP contribution in [0.1, 0.15) is 16.6 Å². The number of hydrogen-bond donors (Lipinski definition) is 0. The molecule has 0 aliphatic heterocycles. The Kier molecular flexibility index (Phi) is 4.41. The van der Waals surface area contributed by atoms with Crippen LogP contribution in [0.4, 0.5) is 0 Å². The third kappa shape index (κ3) is 3.06. The van der Waals surface area contributed by atoms with Crippen molar-refractivity contribution in [1.29, 1.82) is 0 Å². The van der Waals surface area contributed by atoms with Gasteiger partial charge >= 0.3 is 0 Å². The second-order valence-electron chi connectivity index (χ2n) is 3.27. The predicted molar refractivity (Wildman–Crippen MR) is 76.3 cm³/mol. The van der Waals surface area contributed by atoms with Gasteiger partial charge < -0.3 is 0 Å². The highest BCUT2D eigenvalue weighted by atomic mass is 79.9. The van der Waals surface area contributed by atoms with Crippen LogP contribution in [0.2, 0.25) is 0 Å². The molecule has 5 heteroatoms. The van der Waals surface area contributed by atoms with Crippen LogP contribution in [-0.2, 0) is 6.42 Å². The minimum atomic E-state index is -0.0492. The zero-order valence-corrected chi connectivity index (χ0v) is 12.9. The summed E-state index contributed by atoms with van der Waals surface area (Å²) in [6.45, 7) is 0. The van der Waals surface area contributed by atoms with Crippen molar-refractivity contribution in [1.82, 2.24) is 4.98 Å². The van der Waals surface area contributed by atoms with E-state index in [-0.39, 0.29) is 5.38 Å². The summed E-state index contributed by atoms with van der Waals surface area (Å²) in [5, 5.41) is -0.0492. The van der Waals surface area contributed by atoms with Gasteiger partial charge in [0.1, 0.15) is 0 Å². The summed E-state index contributed by atoms with van der Waals surface area (Å²) in [6.07, 6.45) is 2.53. The molecule has 2 heterocycles. The number of aromatic nitrogens is 1. The monoisotopic (exact) mass is 379 g/mol. The summed E-state index contributed by atoms with van der Waals surface area (Å²) in [5.74, 6) is 0. The molecular formula is C11H8Br2ClNS. The first-order valence-corrected chi connectivity index (χ1v) is 7.49. The fourth-order valence-electron chi connectivity index (χ4n) is 1.38. The van der Waals surface area contributed by atoms with E-state index in [0.29, 0.717) is 0 Å². The van der Waals surface area contributed by atoms with Crippen LogP contribution in [-0.4, -0.2) is 4.98 Å². The summed E-state index contributed by atoms with van der Waals surface area (Å²) in [5.41, 5.74) is 2.13. The number of pyridine rings is 1. The van der Waals surface area contributed by atoms with Gasteiger partial charge in [0.05, 0.1) is 12.9 Å². The summed E-state index contributed by atoms with van der Waals surface area (Å²) in [7, 11) is 0. The summed E-state index contributed by atoms with van der Waals surface area (Å²) in [6, 6.07) is 7.93. The topological polar surface area (TPSA) is 12.9 Å². The van der Waals surface area contributed by atoms with Gasteiger partial charge in [-0.05, 0) is 55.6 Å². The molecule has 0 bridgehead atoms. The Labute approximate surface area is 120 Å². The van der Waals surface area contributed by atoms with E-state index < -0.39 is 0 Å². The van der Waals surface area contributed by atoms with Gasteiger partial charge in [-0.1, -0.05) is 6.07 Å². The first-order valence-electron chi connectivity index (χ1n) is 4.65. The van der Waals surface area contributed by atoms with E-state index in [1.165, 1.54) is 0 Å². The van der Waals surface area contributed by atoms with E-state index in [0.717, 1.165) is 25.3 Å². The average Bonchev–Trinajstić information content (AvgIpc) is 2.59. The van der Waals surface area contributed by atoms with Crippen molar-refractivity contribution in [2.24, 2.45) is 0 Å². The second-order valence-corrected chi connectivity index (χ2v) is 7.55. The lowest BCUT2D eigenvalue weighted by molar-refractivity contribution is 0.881. The van der Waals surface area contributed by atoms with Crippen LogP contribution in [0.15, 0.2) is 38.0 Å². The smallest absolute Gasteiger partial charge is 0.0757 e. The van der Waals surface area contributed by atoms with Gasteiger partial charge in [-0.3, -0.25) is 4.98 Å². The maximum absolute atomic E-state index is 6.38. The fourth-order valence-corrected chi connectivity index (χ4v) is 4.88. The fraction of sp³-hybridized carbons (Fsp3) is 0.182. The molecule has 16 heavy (non-hydrogen) atoms. The van der Waals surface area contributed by atoms with Gasteiger partial charge in [0.15, 0.2) is 0 Å². The zero-order valence-electron chi connectivity index (χ0n) is 8.16. The standard InChI is InChI=1S/C11H8Br2ClNS/c12-10-6-8(11(13)16-10)9(14)5-7-3-1-2-4-15-7/h1-4,6,9H,5H2. The lowest BCUT2D eigenvalue weighted by Crippen LogP contribution is -1.96. The Bertz CT molecular complexity index is 472. The lowest BCUT2D eigenvalue weighted by Gasteiger charge is -2.07. The summed E-state index contributed by atoms with van der Waals surface area (Å²) >= 11 is 15.0. The quantitative estimate of drug-likeness (QED) is 0.667. The molecule has 0 amide bonds. The summed E-state index contributed by atoms with van der Waals surface area (Å²) in [4.78, 5) is 4.27. The number of hydrogen-bond acceptors (Lipinski definition) is 2. The Morgan fingerprint density at radius 1 is 1.38 bits per heavy atom. The Morgan fingerprint density at radius 3 is 2.75 bits per heavy atom. The third-order valence-electron chi connectivity index (χ3n) is 2.14. The van der Waals surface area contributed by atoms with Crippen LogP contribution in [0.3, 0.4) is 0 Å². The molecule has 0 spiro atoms. The number of rotatable bonds is 3. The van der Waals surface area contributed by atoms with E-state index >= 15 is 0 Å². The van der Waals surface area contributed by atoms with Crippen LogP contribution in [0.5, 0.6) is 0 Å². The van der Waals surface area contributed by atoms with E-state index in [4.69, 9.17) is 11.6 Å². The van der Waals surface area contributed by atoms with Crippen molar-refractivity contribution >= 4 is 54.8 Å². The molecule has 0 saturated heterocycles. The van der Waals surface area contributed by atoms with E-state index in [1.54, 1.807) is 17.5 Å². The molecule has 2 aromatic heterocycles. The van der Waals surface area contributed by atoms with Gasteiger partial charge in [0, 0.05) is 18.3 Å². The van der Waals surface area contributed by atoms with Gasteiger partial charge in [-0.2, -0.15) is 0 Å². The molecule has 1 nitrogen and oxygen atoms in total. The highest BCUT2D eigenvalue weighted by molar-refractivity contribution is 9.12. The van der Waals surface area contributed by atoms with Gasteiger partial charge in [-0.15, -0.1) is 22.9 Å². The van der Waals surface area contributed by atoms with Crippen molar-refractivity contribution in [3.63, 3.8) is 0 Å². The van der Waals surface area contributed by atoms with Crippen LogP contribution in [0, 0.1) is 0 Å². The first-order chi connectivity index (χ1) is 7.66. The third-order valence-corrected chi connectivity index (χ3v) is 4.91. The Morgan fingerprint density at radius 2 is 2.19 bits per heavy atom. The van der Waals surface area contributed by atoms with Crippen molar-refractivity contribution in [3.8, 4) is 0 Å². The van der Waals surface area contributed by atoms with E-state index in [1.807, 2.05) is 18.2 Å². The Hall–Kier alpha value is 0.1000. The molecule has 0 radical (unpaired) electrons. The molecule has 0 N–H and O–H groups in total. The average molecular weight is 382 g/mol. The van der Waals surface area contributed by atoms with Crippen LogP contribution in [0.25, 0.3) is 0 Å². The maximum atomic E-state index is 6.38. The maximum Gasteiger partial charge on any atom is 0.0757 e. The molecule has 2 aromatic rings. The lowest BCUT2D eigenvalue weighted by atomic mass is 10.1. The molecule has 2 rings (SSSR count). The molecule has 0 saturated carbocycles. The van der Waals surface area contributed by atoms with Gasteiger partial charge in [0.25, 0.3) is 0 Å². The van der Waals surface area contributed by atoms with E-state index in [9.17, 15) is 0 Å². The molecule has 0 fully saturated rings. The minimum absolute atomic E-state index is 0.0492. The Balaban J connectivity index is 2.14. The second kappa shape index (κ2) is 5.63. The highest BCUT2D eigenvalue weighted by Crippen LogP contribution is 2.38. The first kappa shape index (κ1) is 12.6. The van der Waals surface area contributed by atoms with Crippen LogP contribution >= 0.6 is 54.8 Å². The van der Waals surface area contributed by atoms with E-state index in [2.05, 4.69) is 42.9 Å². The molecule has 84 valence electrons. The van der Waals surface area contributed by atoms with Crippen molar-refractivity contribution in [2.75, 3.05) is 0 Å². The minimum Gasteiger partial charge on any atom is -0.261 e. The molecular weight excluding hydrogens is 373 g/mol. The number of alkyl halides is 1. The number of thiophene rings is 1. The molecule has 1 atom stereocenters. The molecule has 0 aliphatic rings. The SMILES string of the molecule is ClC(Cc1ccccn1)c1cc(Br)sc1Br. The van der Waals surface area contributed by atoms with Crippen molar-refractivity contribution in [3.05, 3.63) is 49.3 Å². The molecule has 0 aliphatic carbocycles. The number of nitrogens with zero attached hydrogens (tertiary/aromatic N) is 1. The number of halogens is 3. The predicted octanol–water partition coefficient (Wildman–Crippen LogP) is 5.19. The van der Waals surface area contributed by atoms with Crippen LogP contribution < -0.4 is 0 Å². The zero-order chi connectivity index (χ0) is 11.5. The normalized spacial score (nSPS) is 12.7.